The highest BCUT2D eigenvalue weighted by Gasteiger charge is 2.18. The molecule has 0 saturated carbocycles. The largest absolute Gasteiger partial charge is 0.330 e. The Morgan fingerprint density at radius 1 is 1.22 bits per heavy atom. The molecule has 1 aromatic carbocycles. The quantitative estimate of drug-likeness (QED) is 0.818. The zero-order valence-electron chi connectivity index (χ0n) is 10.8. The number of unbranched alkanes of at least 4 members (excludes halogenated alkanes) is 1. The van der Waals surface area contributed by atoms with Gasteiger partial charge >= 0.3 is 0 Å². The molecule has 0 amide bonds. The SMILES string of the molecule is NCCCCc1ccc(C2CCSCC2)c(Cl)c1. The van der Waals surface area contributed by atoms with E-state index in [1.807, 2.05) is 0 Å². The number of thioether (sulfide) groups is 1. The molecule has 2 N–H and O–H groups in total. The maximum absolute atomic E-state index is 6.44. The van der Waals surface area contributed by atoms with Gasteiger partial charge in [-0.05, 0) is 73.3 Å². The van der Waals surface area contributed by atoms with E-state index in [1.54, 1.807) is 0 Å². The lowest BCUT2D eigenvalue weighted by Gasteiger charge is -2.23. The molecule has 1 saturated heterocycles. The van der Waals surface area contributed by atoms with Gasteiger partial charge in [0.05, 0.1) is 0 Å². The van der Waals surface area contributed by atoms with Gasteiger partial charge < -0.3 is 5.73 Å². The van der Waals surface area contributed by atoms with Crippen molar-refractivity contribution in [2.75, 3.05) is 18.1 Å². The first-order chi connectivity index (χ1) is 8.81. The minimum atomic E-state index is 0.678. The maximum atomic E-state index is 6.44. The third kappa shape index (κ3) is 3.91. The van der Waals surface area contributed by atoms with Crippen LogP contribution in [-0.2, 0) is 6.42 Å². The summed E-state index contributed by atoms with van der Waals surface area (Å²) in [5.41, 5.74) is 8.23. The van der Waals surface area contributed by atoms with Crippen LogP contribution in [0, 0.1) is 0 Å². The van der Waals surface area contributed by atoms with Crippen LogP contribution in [0.1, 0.15) is 42.7 Å². The Labute approximate surface area is 119 Å². The van der Waals surface area contributed by atoms with Crippen LogP contribution >= 0.6 is 23.4 Å². The van der Waals surface area contributed by atoms with Gasteiger partial charge in [-0.3, -0.25) is 0 Å². The minimum Gasteiger partial charge on any atom is -0.330 e. The van der Waals surface area contributed by atoms with E-state index < -0.39 is 0 Å². The second-order valence-corrected chi connectivity index (χ2v) is 6.62. The van der Waals surface area contributed by atoms with E-state index in [2.05, 4.69) is 30.0 Å². The van der Waals surface area contributed by atoms with Crippen molar-refractivity contribution in [3.63, 3.8) is 0 Å². The van der Waals surface area contributed by atoms with Gasteiger partial charge in [0.25, 0.3) is 0 Å². The van der Waals surface area contributed by atoms with E-state index in [0.29, 0.717) is 5.92 Å². The van der Waals surface area contributed by atoms with Crippen molar-refractivity contribution in [2.24, 2.45) is 5.73 Å². The first kappa shape index (κ1) is 14.2. The first-order valence-corrected chi connectivity index (χ1v) is 8.40. The molecule has 2 rings (SSSR count). The molecule has 0 bridgehead atoms. The molecule has 0 unspecified atom stereocenters. The van der Waals surface area contributed by atoms with Gasteiger partial charge in [-0.1, -0.05) is 23.7 Å². The number of benzene rings is 1. The predicted molar refractivity (Wildman–Crippen MR) is 82.7 cm³/mol. The van der Waals surface area contributed by atoms with Crippen molar-refractivity contribution >= 4 is 23.4 Å². The molecular weight excluding hydrogens is 262 g/mol. The van der Waals surface area contributed by atoms with E-state index in [-0.39, 0.29) is 0 Å². The van der Waals surface area contributed by atoms with E-state index in [9.17, 15) is 0 Å². The van der Waals surface area contributed by atoms with E-state index in [1.165, 1.54) is 35.5 Å². The highest BCUT2D eigenvalue weighted by molar-refractivity contribution is 7.99. The standard InChI is InChI=1S/C15H22ClNS/c16-15-11-12(3-1-2-8-17)4-5-14(15)13-6-9-18-10-7-13/h4-5,11,13H,1-3,6-10,17H2. The lowest BCUT2D eigenvalue weighted by atomic mass is 9.92. The summed E-state index contributed by atoms with van der Waals surface area (Å²) in [5, 5.41) is 0.970. The summed E-state index contributed by atoms with van der Waals surface area (Å²) in [6.07, 6.45) is 5.90. The summed E-state index contributed by atoms with van der Waals surface area (Å²) in [5.74, 6) is 3.23. The molecule has 1 aromatic rings. The second kappa shape index (κ2) is 7.42. The minimum absolute atomic E-state index is 0.678. The fraction of sp³-hybridized carbons (Fsp3) is 0.600. The van der Waals surface area contributed by atoms with Crippen LogP contribution < -0.4 is 5.73 Å². The Bertz CT molecular complexity index is 375. The van der Waals surface area contributed by atoms with E-state index in [4.69, 9.17) is 17.3 Å². The van der Waals surface area contributed by atoms with Gasteiger partial charge in [0, 0.05) is 5.02 Å². The Balaban J connectivity index is 2.00. The summed E-state index contributed by atoms with van der Waals surface area (Å²) in [6, 6.07) is 6.66. The molecule has 0 spiro atoms. The van der Waals surface area contributed by atoms with Crippen molar-refractivity contribution in [1.82, 2.24) is 0 Å². The van der Waals surface area contributed by atoms with Crippen LogP contribution in [-0.4, -0.2) is 18.1 Å². The van der Waals surface area contributed by atoms with Crippen LogP contribution in [0.5, 0.6) is 0 Å². The van der Waals surface area contributed by atoms with Crippen molar-refractivity contribution in [1.29, 1.82) is 0 Å². The molecule has 1 aliphatic rings. The maximum Gasteiger partial charge on any atom is 0.0443 e. The van der Waals surface area contributed by atoms with Gasteiger partial charge in [-0.15, -0.1) is 0 Å². The van der Waals surface area contributed by atoms with Crippen LogP contribution in [0.25, 0.3) is 0 Å². The molecule has 1 aliphatic heterocycles. The number of nitrogens with two attached hydrogens (primary N) is 1. The average Bonchev–Trinajstić information content (AvgIpc) is 2.40. The third-order valence-corrected chi connectivity index (χ3v) is 5.02. The van der Waals surface area contributed by atoms with Crippen molar-refractivity contribution < 1.29 is 0 Å². The zero-order valence-corrected chi connectivity index (χ0v) is 12.4. The summed E-state index contributed by atoms with van der Waals surface area (Å²) < 4.78 is 0. The molecule has 0 aliphatic carbocycles. The zero-order chi connectivity index (χ0) is 12.8. The highest BCUT2D eigenvalue weighted by Crippen LogP contribution is 2.35. The Kier molecular flexibility index (Phi) is 5.87. The average molecular weight is 284 g/mol. The lowest BCUT2D eigenvalue weighted by molar-refractivity contribution is 0.637. The highest BCUT2D eigenvalue weighted by atomic mass is 35.5. The number of hydrogen-bond donors (Lipinski definition) is 1. The van der Waals surface area contributed by atoms with Gasteiger partial charge in [-0.25, -0.2) is 0 Å². The molecule has 0 atom stereocenters. The smallest absolute Gasteiger partial charge is 0.0443 e. The summed E-state index contributed by atoms with van der Waals surface area (Å²) in [7, 11) is 0. The van der Waals surface area contributed by atoms with Crippen molar-refractivity contribution in [2.45, 2.75) is 38.0 Å². The fourth-order valence-corrected chi connectivity index (χ4v) is 4.00. The van der Waals surface area contributed by atoms with Crippen molar-refractivity contribution in [3.05, 3.63) is 34.3 Å². The summed E-state index contributed by atoms with van der Waals surface area (Å²) in [6.45, 7) is 0.783. The predicted octanol–water partition coefficient (Wildman–Crippen LogP) is 4.23. The lowest BCUT2D eigenvalue weighted by Crippen LogP contribution is -2.08. The molecule has 100 valence electrons. The monoisotopic (exact) mass is 283 g/mol. The topological polar surface area (TPSA) is 26.0 Å². The molecular formula is C15H22ClNS. The Morgan fingerprint density at radius 3 is 2.67 bits per heavy atom. The number of hydrogen-bond acceptors (Lipinski definition) is 2. The summed E-state index contributed by atoms with van der Waals surface area (Å²) in [4.78, 5) is 0. The third-order valence-electron chi connectivity index (χ3n) is 3.65. The second-order valence-electron chi connectivity index (χ2n) is 4.99. The number of aryl methyl sites for hydroxylation is 1. The van der Waals surface area contributed by atoms with Gasteiger partial charge in [0.1, 0.15) is 0 Å². The van der Waals surface area contributed by atoms with Crippen LogP contribution in [0.3, 0.4) is 0 Å². The molecule has 0 aromatic heterocycles. The fourth-order valence-electron chi connectivity index (χ4n) is 2.54. The normalized spacial score (nSPS) is 17.0. The summed E-state index contributed by atoms with van der Waals surface area (Å²) >= 11 is 8.51. The van der Waals surface area contributed by atoms with E-state index in [0.717, 1.165) is 30.8 Å². The molecule has 1 nitrogen and oxygen atoms in total. The first-order valence-electron chi connectivity index (χ1n) is 6.87. The van der Waals surface area contributed by atoms with Gasteiger partial charge in [0.2, 0.25) is 0 Å². The molecule has 1 fully saturated rings. The Morgan fingerprint density at radius 2 is 2.00 bits per heavy atom. The van der Waals surface area contributed by atoms with E-state index >= 15 is 0 Å². The van der Waals surface area contributed by atoms with Gasteiger partial charge in [-0.2, -0.15) is 11.8 Å². The molecule has 18 heavy (non-hydrogen) atoms. The van der Waals surface area contributed by atoms with Crippen LogP contribution in [0.2, 0.25) is 5.02 Å². The number of halogens is 1. The van der Waals surface area contributed by atoms with Crippen molar-refractivity contribution in [3.8, 4) is 0 Å². The van der Waals surface area contributed by atoms with Gasteiger partial charge in [0.15, 0.2) is 0 Å². The van der Waals surface area contributed by atoms with Crippen LogP contribution in [0.4, 0.5) is 0 Å². The molecule has 3 heteroatoms. The number of rotatable bonds is 5. The molecule has 1 heterocycles. The van der Waals surface area contributed by atoms with Crippen LogP contribution in [0.15, 0.2) is 18.2 Å². The molecule has 0 radical (unpaired) electrons. The Hall–Kier alpha value is -0.180.